The Morgan fingerprint density at radius 1 is 1.07 bits per heavy atom. The molecule has 0 aliphatic carbocycles. The lowest BCUT2D eigenvalue weighted by Gasteiger charge is -2.24. The topological polar surface area (TPSA) is 67.2 Å². The van der Waals surface area contributed by atoms with Crippen molar-refractivity contribution >= 4 is 5.82 Å². The SMILES string of the molecule is Cn1nc(CN2CC3CN(c4cc(C(C)(C)C)ncn4)CC3C2)ccc1=O. The quantitative estimate of drug-likeness (QED) is 0.817. The van der Waals surface area contributed by atoms with Crippen LogP contribution in [-0.4, -0.2) is 50.8 Å². The van der Waals surface area contributed by atoms with E-state index in [1.807, 2.05) is 6.07 Å². The molecule has 7 nitrogen and oxygen atoms in total. The Labute approximate surface area is 160 Å². The van der Waals surface area contributed by atoms with Crippen molar-refractivity contribution in [1.82, 2.24) is 24.6 Å². The molecule has 4 rings (SSSR count). The standard InChI is InChI=1S/C20H28N6O/c1-20(2,3)17-7-18(22-13-21-17)26-10-14-8-25(9-15(14)11-26)12-16-5-6-19(27)24(4)23-16/h5-7,13-15H,8-12H2,1-4H3. The molecule has 144 valence electrons. The van der Waals surface area contributed by atoms with Crippen LogP contribution in [0.2, 0.25) is 0 Å². The van der Waals surface area contributed by atoms with Gasteiger partial charge in [0.05, 0.1) is 11.4 Å². The van der Waals surface area contributed by atoms with Crippen molar-refractivity contribution in [1.29, 1.82) is 0 Å². The van der Waals surface area contributed by atoms with Gasteiger partial charge in [0.1, 0.15) is 12.1 Å². The Morgan fingerprint density at radius 2 is 1.78 bits per heavy atom. The summed E-state index contributed by atoms with van der Waals surface area (Å²) in [5, 5.41) is 4.36. The summed E-state index contributed by atoms with van der Waals surface area (Å²) in [7, 11) is 1.70. The van der Waals surface area contributed by atoms with Crippen LogP contribution in [0.5, 0.6) is 0 Å². The van der Waals surface area contributed by atoms with E-state index in [1.165, 1.54) is 4.68 Å². The lowest BCUT2D eigenvalue weighted by molar-refractivity contribution is 0.302. The molecule has 7 heteroatoms. The Kier molecular flexibility index (Phi) is 4.50. The largest absolute Gasteiger partial charge is 0.356 e. The van der Waals surface area contributed by atoms with Crippen LogP contribution in [0.1, 0.15) is 32.2 Å². The van der Waals surface area contributed by atoms with Crippen LogP contribution in [0.3, 0.4) is 0 Å². The average Bonchev–Trinajstić information content (AvgIpc) is 3.16. The van der Waals surface area contributed by atoms with Crippen LogP contribution in [0.15, 0.2) is 29.3 Å². The molecule has 0 spiro atoms. The maximum Gasteiger partial charge on any atom is 0.266 e. The van der Waals surface area contributed by atoms with Crippen LogP contribution in [0, 0.1) is 11.8 Å². The van der Waals surface area contributed by atoms with Crippen LogP contribution >= 0.6 is 0 Å². The molecular weight excluding hydrogens is 340 g/mol. The van der Waals surface area contributed by atoms with Crippen molar-refractivity contribution in [3.63, 3.8) is 0 Å². The number of anilines is 1. The van der Waals surface area contributed by atoms with E-state index in [0.29, 0.717) is 11.8 Å². The number of nitrogens with zero attached hydrogens (tertiary/aromatic N) is 6. The second-order valence-corrected chi connectivity index (χ2v) is 8.92. The lowest BCUT2D eigenvalue weighted by Crippen LogP contribution is -2.30. The molecule has 2 aromatic heterocycles. The van der Waals surface area contributed by atoms with Gasteiger partial charge in [0, 0.05) is 57.3 Å². The highest BCUT2D eigenvalue weighted by molar-refractivity contribution is 5.42. The second kappa shape index (κ2) is 6.71. The number of hydrogen-bond acceptors (Lipinski definition) is 6. The molecule has 4 heterocycles. The van der Waals surface area contributed by atoms with Gasteiger partial charge in [0.25, 0.3) is 5.56 Å². The molecule has 0 N–H and O–H groups in total. The third kappa shape index (κ3) is 3.74. The average molecular weight is 368 g/mol. The molecule has 2 atom stereocenters. The highest BCUT2D eigenvalue weighted by atomic mass is 16.1. The minimum atomic E-state index is -0.0628. The van der Waals surface area contributed by atoms with E-state index in [9.17, 15) is 4.79 Å². The smallest absolute Gasteiger partial charge is 0.266 e. The van der Waals surface area contributed by atoms with Crippen LogP contribution in [0.4, 0.5) is 5.82 Å². The first-order valence-electron chi connectivity index (χ1n) is 9.62. The third-order valence-corrected chi connectivity index (χ3v) is 5.71. The number of aryl methyl sites for hydroxylation is 1. The number of likely N-dealkylation sites (tertiary alicyclic amines) is 1. The van der Waals surface area contributed by atoms with E-state index in [-0.39, 0.29) is 11.0 Å². The van der Waals surface area contributed by atoms with Gasteiger partial charge in [-0.1, -0.05) is 20.8 Å². The zero-order valence-corrected chi connectivity index (χ0v) is 16.6. The zero-order chi connectivity index (χ0) is 19.2. The summed E-state index contributed by atoms with van der Waals surface area (Å²) in [5.74, 6) is 2.37. The van der Waals surface area contributed by atoms with E-state index in [0.717, 1.165) is 49.9 Å². The van der Waals surface area contributed by atoms with Gasteiger partial charge in [-0.2, -0.15) is 5.10 Å². The monoisotopic (exact) mass is 368 g/mol. The number of hydrogen-bond donors (Lipinski definition) is 0. The normalized spacial score (nSPS) is 23.0. The van der Waals surface area contributed by atoms with E-state index in [4.69, 9.17) is 0 Å². The molecule has 27 heavy (non-hydrogen) atoms. The fraction of sp³-hybridized carbons (Fsp3) is 0.600. The van der Waals surface area contributed by atoms with Gasteiger partial charge in [-0.05, 0) is 17.9 Å². The first kappa shape index (κ1) is 18.1. The predicted molar refractivity (Wildman–Crippen MR) is 105 cm³/mol. The molecule has 0 amide bonds. The Bertz CT molecular complexity index is 873. The molecule has 2 unspecified atom stereocenters. The van der Waals surface area contributed by atoms with Crippen molar-refractivity contribution in [3.05, 3.63) is 46.3 Å². The van der Waals surface area contributed by atoms with Gasteiger partial charge in [-0.15, -0.1) is 0 Å². The molecule has 0 saturated carbocycles. The summed E-state index contributed by atoms with van der Waals surface area (Å²) in [5.41, 5.74) is 2.02. The van der Waals surface area contributed by atoms with Crippen molar-refractivity contribution in [3.8, 4) is 0 Å². The molecule has 2 saturated heterocycles. The zero-order valence-electron chi connectivity index (χ0n) is 16.6. The highest BCUT2D eigenvalue weighted by Gasteiger charge is 2.40. The fourth-order valence-electron chi connectivity index (χ4n) is 4.20. The first-order valence-corrected chi connectivity index (χ1v) is 9.62. The lowest BCUT2D eigenvalue weighted by atomic mass is 9.92. The van der Waals surface area contributed by atoms with E-state index in [2.05, 4.69) is 51.7 Å². The summed E-state index contributed by atoms with van der Waals surface area (Å²) < 4.78 is 1.41. The van der Waals surface area contributed by atoms with Gasteiger partial charge in [0.15, 0.2) is 0 Å². The summed E-state index contributed by atoms with van der Waals surface area (Å²) >= 11 is 0. The van der Waals surface area contributed by atoms with E-state index >= 15 is 0 Å². The van der Waals surface area contributed by atoms with Crippen molar-refractivity contribution < 1.29 is 0 Å². The number of rotatable bonds is 3. The van der Waals surface area contributed by atoms with Crippen LogP contribution < -0.4 is 10.5 Å². The molecule has 2 aliphatic heterocycles. The Balaban J connectivity index is 1.40. The molecule has 0 aromatic carbocycles. The van der Waals surface area contributed by atoms with E-state index < -0.39 is 0 Å². The molecule has 0 radical (unpaired) electrons. The first-order chi connectivity index (χ1) is 12.8. The molecular formula is C20H28N6O. The Hall–Kier alpha value is -2.28. The highest BCUT2D eigenvalue weighted by Crippen LogP contribution is 2.34. The third-order valence-electron chi connectivity index (χ3n) is 5.71. The number of aromatic nitrogens is 4. The summed E-state index contributed by atoms with van der Waals surface area (Å²) in [6.45, 7) is 11.6. The fourth-order valence-corrected chi connectivity index (χ4v) is 4.20. The maximum atomic E-state index is 11.5. The van der Waals surface area contributed by atoms with Gasteiger partial charge >= 0.3 is 0 Å². The van der Waals surface area contributed by atoms with Gasteiger partial charge in [-0.3, -0.25) is 9.69 Å². The van der Waals surface area contributed by atoms with E-state index in [1.54, 1.807) is 19.4 Å². The van der Waals surface area contributed by atoms with Crippen molar-refractivity contribution in [2.45, 2.75) is 32.7 Å². The minimum Gasteiger partial charge on any atom is -0.356 e. The number of fused-ring (bicyclic) bond motifs is 1. The summed E-state index contributed by atoms with van der Waals surface area (Å²) in [4.78, 5) is 25.3. The van der Waals surface area contributed by atoms with Gasteiger partial charge in [-0.25, -0.2) is 14.6 Å². The second-order valence-electron chi connectivity index (χ2n) is 8.92. The Morgan fingerprint density at radius 3 is 2.41 bits per heavy atom. The van der Waals surface area contributed by atoms with Crippen LogP contribution in [-0.2, 0) is 19.0 Å². The summed E-state index contributed by atoms with van der Waals surface area (Å²) in [6.07, 6.45) is 1.70. The maximum absolute atomic E-state index is 11.5. The molecule has 2 fully saturated rings. The predicted octanol–water partition coefficient (Wildman–Crippen LogP) is 1.44. The van der Waals surface area contributed by atoms with Gasteiger partial charge in [0.2, 0.25) is 0 Å². The minimum absolute atomic E-state index is 0.0346. The van der Waals surface area contributed by atoms with Crippen molar-refractivity contribution in [2.24, 2.45) is 18.9 Å². The molecule has 2 aliphatic rings. The van der Waals surface area contributed by atoms with Gasteiger partial charge < -0.3 is 4.90 Å². The summed E-state index contributed by atoms with van der Waals surface area (Å²) in [6, 6.07) is 5.59. The van der Waals surface area contributed by atoms with Crippen LogP contribution in [0.25, 0.3) is 0 Å². The molecule has 0 bridgehead atoms. The van der Waals surface area contributed by atoms with Crippen molar-refractivity contribution in [2.75, 3.05) is 31.1 Å². The molecule has 2 aromatic rings.